The number of carbonyl (C=O) groups is 1. The summed E-state index contributed by atoms with van der Waals surface area (Å²) in [5.74, 6) is 0.0290. The topological polar surface area (TPSA) is 74.1 Å². The smallest absolute Gasteiger partial charge is 0.411 e. The molecule has 24 heavy (non-hydrogen) atoms. The predicted octanol–water partition coefficient (Wildman–Crippen LogP) is 3.80. The van der Waals surface area contributed by atoms with Gasteiger partial charge in [-0.3, -0.25) is 9.46 Å². The largest absolute Gasteiger partial charge is 0.497 e. The maximum Gasteiger partial charge on any atom is 0.411 e. The zero-order valence-electron chi connectivity index (χ0n) is 14.4. The molecule has 0 bridgehead atoms. The molecule has 1 amide bonds. The van der Waals surface area contributed by atoms with Crippen LogP contribution in [0.15, 0.2) is 24.3 Å². The molecule has 2 rings (SSSR count). The Balaban J connectivity index is 2.31. The van der Waals surface area contributed by atoms with Crippen LogP contribution in [-0.2, 0) is 18.3 Å². The molecule has 0 spiro atoms. The van der Waals surface area contributed by atoms with Crippen LogP contribution in [0.25, 0.3) is 0 Å². The highest BCUT2D eigenvalue weighted by Crippen LogP contribution is 2.68. The second-order valence-corrected chi connectivity index (χ2v) is 7.24. The fourth-order valence-electron chi connectivity index (χ4n) is 2.65. The van der Waals surface area contributed by atoms with E-state index in [9.17, 15) is 9.36 Å². The number of rotatable bonds is 8. The lowest BCUT2D eigenvalue weighted by atomic mass is 10.1. The van der Waals surface area contributed by atoms with E-state index < -0.39 is 25.5 Å². The third kappa shape index (κ3) is 3.74. The minimum Gasteiger partial charge on any atom is -0.497 e. The third-order valence-electron chi connectivity index (χ3n) is 3.66. The zero-order valence-corrected chi connectivity index (χ0v) is 15.3. The van der Waals surface area contributed by atoms with Crippen molar-refractivity contribution in [3.8, 4) is 5.75 Å². The zero-order chi connectivity index (χ0) is 17.7. The number of carbonyl (C=O) groups excluding carboxylic acids is 1. The van der Waals surface area contributed by atoms with E-state index in [1.807, 2.05) is 12.1 Å². The maximum absolute atomic E-state index is 13.1. The lowest BCUT2D eigenvalue weighted by Crippen LogP contribution is -2.16. The van der Waals surface area contributed by atoms with Gasteiger partial charge in [0.05, 0.1) is 33.0 Å². The second-order valence-electron chi connectivity index (χ2n) is 5.11. The summed E-state index contributed by atoms with van der Waals surface area (Å²) in [6.07, 6.45) is -0.525. The summed E-state index contributed by atoms with van der Waals surface area (Å²) >= 11 is 0. The molecule has 0 saturated carbocycles. The van der Waals surface area contributed by atoms with Gasteiger partial charge in [-0.15, -0.1) is 0 Å². The Kier molecular flexibility index (Phi) is 6.27. The SMILES string of the molecule is CCOC(=O)N1[C@H](P(=O)(OCC)OCC)[C@@H]1c1ccc(OC)cc1. The van der Waals surface area contributed by atoms with Gasteiger partial charge in [-0.2, -0.15) is 0 Å². The third-order valence-corrected chi connectivity index (χ3v) is 6.07. The number of hydrogen-bond acceptors (Lipinski definition) is 6. The maximum atomic E-state index is 13.1. The summed E-state index contributed by atoms with van der Waals surface area (Å²) in [5.41, 5.74) is 0.827. The van der Waals surface area contributed by atoms with Gasteiger partial charge < -0.3 is 18.5 Å². The van der Waals surface area contributed by atoms with Crippen LogP contribution in [0.5, 0.6) is 5.75 Å². The minimum atomic E-state index is -3.46. The molecule has 1 aliphatic rings. The van der Waals surface area contributed by atoms with Crippen molar-refractivity contribution >= 4 is 13.7 Å². The number of benzene rings is 1. The molecule has 0 unspecified atom stereocenters. The monoisotopic (exact) mass is 357 g/mol. The molecule has 1 heterocycles. The van der Waals surface area contributed by atoms with Crippen molar-refractivity contribution in [2.24, 2.45) is 0 Å². The number of methoxy groups -OCH3 is 1. The molecule has 1 aliphatic heterocycles. The highest BCUT2D eigenvalue weighted by molar-refractivity contribution is 7.55. The first-order valence-electron chi connectivity index (χ1n) is 8.00. The molecule has 1 saturated heterocycles. The first-order chi connectivity index (χ1) is 11.5. The van der Waals surface area contributed by atoms with E-state index >= 15 is 0 Å². The van der Waals surface area contributed by atoms with Gasteiger partial charge in [0.2, 0.25) is 0 Å². The van der Waals surface area contributed by atoms with Crippen molar-refractivity contribution in [2.45, 2.75) is 32.6 Å². The minimum absolute atomic E-state index is 0.236. The Labute approximate surface area is 142 Å². The number of ether oxygens (including phenoxy) is 2. The lowest BCUT2D eigenvalue weighted by Gasteiger charge is -2.16. The average molecular weight is 357 g/mol. The van der Waals surface area contributed by atoms with Crippen molar-refractivity contribution < 1.29 is 27.9 Å². The summed E-state index contributed by atoms with van der Waals surface area (Å²) < 4.78 is 34.1. The average Bonchev–Trinajstić information content (AvgIpc) is 3.32. The van der Waals surface area contributed by atoms with Crippen molar-refractivity contribution in [1.82, 2.24) is 4.90 Å². The van der Waals surface area contributed by atoms with Gasteiger partial charge in [-0.05, 0) is 38.5 Å². The van der Waals surface area contributed by atoms with Gasteiger partial charge in [-0.25, -0.2) is 4.79 Å². The Morgan fingerprint density at radius 2 is 1.67 bits per heavy atom. The van der Waals surface area contributed by atoms with Crippen LogP contribution in [0.4, 0.5) is 4.79 Å². The molecular weight excluding hydrogens is 333 g/mol. The van der Waals surface area contributed by atoms with E-state index in [4.69, 9.17) is 18.5 Å². The van der Waals surface area contributed by atoms with E-state index in [1.54, 1.807) is 40.0 Å². The Morgan fingerprint density at radius 3 is 2.12 bits per heavy atom. The Hall–Kier alpha value is -1.56. The molecule has 1 aromatic rings. The molecule has 2 atom stereocenters. The first-order valence-corrected chi connectivity index (χ1v) is 9.61. The van der Waals surface area contributed by atoms with Crippen molar-refractivity contribution in [2.75, 3.05) is 26.9 Å². The van der Waals surface area contributed by atoms with Crippen LogP contribution >= 0.6 is 7.60 Å². The highest BCUT2D eigenvalue weighted by Gasteiger charge is 2.64. The van der Waals surface area contributed by atoms with Crippen LogP contribution in [0.1, 0.15) is 32.4 Å². The van der Waals surface area contributed by atoms with Crippen LogP contribution in [0.3, 0.4) is 0 Å². The van der Waals surface area contributed by atoms with E-state index in [0.29, 0.717) is 5.75 Å². The van der Waals surface area contributed by atoms with Gasteiger partial charge in [0.1, 0.15) is 5.75 Å². The van der Waals surface area contributed by atoms with E-state index in [-0.39, 0.29) is 19.8 Å². The van der Waals surface area contributed by atoms with Crippen molar-refractivity contribution in [3.63, 3.8) is 0 Å². The number of amides is 1. The van der Waals surface area contributed by atoms with Crippen LogP contribution in [0.2, 0.25) is 0 Å². The molecule has 7 nitrogen and oxygen atoms in total. The standard InChI is InChI=1S/C16H24NO6P/c1-5-21-16(18)17-14(12-8-10-13(20-4)11-9-12)15(17)24(19,22-6-2)23-7-3/h8-11,14-15H,5-7H2,1-4H3/t14-,15+,17?/m0/s1. The fourth-order valence-corrected chi connectivity index (χ4v) is 4.87. The Bertz CT molecular complexity index is 595. The Morgan fingerprint density at radius 1 is 1.08 bits per heavy atom. The summed E-state index contributed by atoms with van der Waals surface area (Å²) in [5, 5.41) is 0. The van der Waals surface area contributed by atoms with Crippen LogP contribution in [0, 0.1) is 0 Å². The molecular formula is C16H24NO6P. The van der Waals surface area contributed by atoms with Crippen molar-refractivity contribution in [1.29, 1.82) is 0 Å². The molecule has 1 fully saturated rings. The number of hydrogen-bond donors (Lipinski definition) is 0. The fraction of sp³-hybridized carbons (Fsp3) is 0.562. The summed E-state index contributed by atoms with van der Waals surface area (Å²) in [6, 6.07) is 6.84. The highest BCUT2D eigenvalue weighted by atomic mass is 31.2. The van der Waals surface area contributed by atoms with Crippen molar-refractivity contribution in [3.05, 3.63) is 29.8 Å². The molecule has 0 aliphatic carbocycles. The summed E-state index contributed by atoms with van der Waals surface area (Å²) in [4.78, 5) is 13.6. The molecule has 0 radical (unpaired) electrons. The van der Waals surface area contributed by atoms with Crippen LogP contribution < -0.4 is 4.74 Å². The molecule has 134 valence electrons. The van der Waals surface area contributed by atoms with E-state index in [0.717, 1.165) is 5.56 Å². The first kappa shape index (κ1) is 18.8. The molecule has 1 aromatic carbocycles. The van der Waals surface area contributed by atoms with Gasteiger partial charge in [0.15, 0.2) is 5.78 Å². The van der Waals surface area contributed by atoms with E-state index in [1.165, 1.54) is 4.90 Å². The summed E-state index contributed by atoms with van der Waals surface area (Å²) in [6.45, 7) is 5.92. The summed E-state index contributed by atoms with van der Waals surface area (Å²) in [7, 11) is -1.88. The van der Waals surface area contributed by atoms with E-state index in [2.05, 4.69) is 0 Å². The predicted molar refractivity (Wildman–Crippen MR) is 89.2 cm³/mol. The van der Waals surface area contributed by atoms with Gasteiger partial charge >= 0.3 is 13.7 Å². The number of nitrogens with zero attached hydrogens (tertiary/aromatic N) is 1. The quantitative estimate of drug-likeness (QED) is 0.520. The van der Waals surface area contributed by atoms with Gasteiger partial charge in [0, 0.05) is 0 Å². The normalized spacial score (nSPS) is 19.9. The van der Waals surface area contributed by atoms with Gasteiger partial charge in [-0.1, -0.05) is 12.1 Å². The lowest BCUT2D eigenvalue weighted by molar-refractivity contribution is 0.131. The molecule has 0 aromatic heterocycles. The molecule has 8 heteroatoms. The molecule has 0 N–H and O–H groups in total. The van der Waals surface area contributed by atoms with Crippen LogP contribution in [-0.4, -0.2) is 43.7 Å². The van der Waals surface area contributed by atoms with Gasteiger partial charge in [0.25, 0.3) is 0 Å². The second kappa shape index (κ2) is 8.01.